The van der Waals surface area contributed by atoms with E-state index in [9.17, 15) is 9.90 Å². The number of aromatic nitrogens is 2. The average molecular weight is 281 g/mol. The van der Waals surface area contributed by atoms with Crippen LogP contribution in [0.1, 0.15) is 62.5 Å². The van der Waals surface area contributed by atoms with Crippen molar-refractivity contribution in [1.29, 1.82) is 0 Å². The van der Waals surface area contributed by atoms with Crippen LogP contribution < -0.4 is 5.32 Å². The largest absolute Gasteiger partial charge is 0.388 e. The first kappa shape index (κ1) is 16.7. The van der Waals surface area contributed by atoms with Gasteiger partial charge in [-0.2, -0.15) is 5.10 Å². The van der Waals surface area contributed by atoms with Gasteiger partial charge in [0.15, 0.2) is 0 Å². The van der Waals surface area contributed by atoms with Crippen molar-refractivity contribution in [2.75, 3.05) is 6.54 Å². The van der Waals surface area contributed by atoms with E-state index in [4.69, 9.17) is 0 Å². The number of nitrogens with one attached hydrogen (secondary N) is 1. The quantitative estimate of drug-likeness (QED) is 0.766. The standard InChI is InChI=1S/C15H27N3O2/c1-5-8-15(20,9-6-2)11-16-14(19)12-10-18(4)17-13(12)7-3/h10,20H,5-9,11H2,1-4H3,(H,16,19). The van der Waals surface area contributed by atoms with Crippen LogP contribution in [0.3, 0.4) is 0 Å². The Labute approximate surface area is 121 Å². The zero-order chi connectivity index (χ0) is 15.2. The van der Waals surface area contributed by atoms with Gasteiger partial charge in [-0.15, -0.1) is 0 Å². The second-order valence-corrected chi connectivity index (χ2v) is 5.42. The van der Waals surface area contributed by atoms with Gasteiger partial charge in [0.2, 0.25) is 0 Å². The highest BCUT2D eigenvalue weighted by Crippen LogP contribution is 2.19. The van der Waals surface area contributed by atoms with Crippen molar-refractivity contribution in [3.63, 3.8) is 0 Å². The van der Waals surface area contributed by atoms with Crippen molar-refractivity contribution in [3.05, 3.63) is 17.5 Å². The Hall–Kier alpha value is -1.36. The fourth-order valence-corrected chi connectivity index (χ4v) is 2.56. The molecule has 1 heterocycles. The minimum absolute atomic E-state index is 0.152. The molecule has 2 N–H and O–H groups in total. The Morgan fingerprint density at radius 3 is 2.45 bits per heavy atom. The zero-order valence-electron chi connectivity index (χ0n) is 13.1. The molecule has 0 atom stereocenters. The smallest absolute Gasteiger partial charge is 0.254 e. The maximum atomic E-state index is 12.2. The van der Waals surface area contributed by atoms with Crippen molar-refractivity contribution in [2.45, 2.75) is 58.5 Å². The third kappa shape index (κ3) is 4.34. The Kier molecular flexibility index (Phi) is 6.20. The third-order valence-corrected chi connectivity index (χ3v) is 3.49. The number of aryl methyl sites for hydroxylation is 2. The van der Waals surface area contributed by atoms with Crippen LogP contribution in [-0.4, -0.2) is 32.9 Å². The molecule has 5 heteroatoms. The minimum atomic E-state index is -0.798. The van der Waals surface area contributed by atoms with Gasteiger partial charge in [-0.1, -0.05) is 33.6 Å². The highest BCUT2D eigenvalue weighted by Gasteiger charge is 2.26. The predicted molar refractivity (Wildman–Crippen MR) is 79.7 cm³/mol. The van der Waals surface area contributed by atoms with Gasteiger partial charge < -0.3 is 10.4 Å². The highest BCUT2D eigenvalue weighted by molar-refractivity contribution is 5.95. The third-order valence-electron chi connectivity index (χ3n) is 3.49. The lowest BCUT2D eigenvalue weighted by molar-refractivity contribution is 0.0213. The number of carbonyl (C=O) groups excluding carboxylic acids is 1. The van der Waals surface area contributed by atoms with Gasteiger partial charge in [-0.05, 0) is 19.3 Å². The van der Waals surface area contributed by atoms with Crippen molar-refractivity contribution in [3.8, 4) is 0 Å². The summed E-state index contributed by atoms with van der Waals surface area (Å²) in [6.07, 6.45) is 5.66. The van der Waals surface area contributed by atoms with E-state index in [2.05, 4.69) is 10.4 Å². The van der Waals surface area contributed by atoms with Gasteiger partial charge in [-0.25, -0.2) is 0 Å². The number of rotatable bonds is 8. The van der Waals surface area contributed by atoms with E-state index in [1.54, 1.807) is 17.9 Å². The molecule has 0 aromatic carbocycles. The van der Waals surface area contributed by atoms with E-state index in [1.165, 1.54) is 0 Å². The fourth-order valence-electron chi connectivity index (χ4n) is 2.56. The van der Waals surface area contributed by atoms with Gasteiger partial charge in [0.1, 0.15) is 0 Å². The summed E-state index contributed by atoms with van der Waals surface area (Å²) in [5.41, 5.74) is 0.596. The topological polar surface area (TPSA) is 67.2 Å². The van der Waals surface area contributed by atoms with Crippen molar-refractivity contribution in [2.24, 2.45) is 7.05 Å². The van der Waals surface area contributed by atoms with Crippen LogP contribution in [0.25, 0.3) is 0 Å². The summed E-state index contributed by atoms with van der Waals surface area (Å²) in [5.74, 6) is -0.152. The molecular formula is C15H27N3O2. The molecule has 0 radical (unpaired) electrons. The maximum absolute atomic E-state index is 12.2. The zero-order valence-corrected chi connectivity index (χ0v) is 13.1. The van der Waals surface area contributed by atoms with Crippen LogP contribution in [0.15, 0.2) is 6.20 Å². The highest BCUT2D eigenvalue weighted by atomic mass is 16.3. The lowest BCUT2D eigenvalue weighted by atomic mass is 9.92. The Bertz CT molecular complexity index is 434. The summed E-state index contributed by atoms with van der Waals surface area (Å²) in [4.78, 5) is 12.2. The fraction of sp³-hybridized carbons (Fsp3) is 0.733. The van der Waals surface area contributed by atoms with Crippen molar-refractivity contribution < 1.29 is 9.90 Å². The molecule has 0 aliphatic rings. The molecule has 0 aliphatic carbocycles. The van der Waals surface area contributed by atoms with E-state index in [0.717, 1.165) is 25.0 Å². The number of nitrogens with zero attached hydrogens (tertiary/aromatic N) is 2. The Balaban J connectivity index is 2.69. The van der Waals surface area contributed by atoms with Crippen LogP contribution in [-0.2, 0) is 13.5 Å². The summed E-state index contributed by atoms with van der Waals surface area (Å²) in [5, 5.41) is 17.6. The Morgan fingerprint density at radius 1 is 1.35 bits per heavy atom. The second-order valence-electron chi connectivity index (χ2n) is 5.42. The van der Waals surface area contributed by atoms with Crippen LogP contribution in [0.2, 0.25) is 0 Å². The van der Waals surface area contributed by atoms with Gasteiger partial charge >= 0.3 is 0 Å². The monoisotopic (exact) mass is 281 g/mol. The molecule has 1 rings (SSSR count). The lowest BCUT2D eigenvalue weighted by Gasteiger charge is -2.27. The summed E-state index contributed by atoms with van der Waals surface area (Å²) >= 11 is 0. The summed E-state index contributed by atoms with van der Waals surface area (Å²) in [6.45, 7) is 6.35. The summed E-state index contributed by atoms with van der Waals surface area (Å²) in [7, 11) is 1.81. The molecule has 1 aromatic heterocycles. The maximum Gasteiger partial charge on any atom is 0.254 e. The molecule has 1 amide bonds. The van der Waals surface area contributed by atoms with E-state index in [-0.39, 0.29) is 5.91 Å². The van der Waals surface area contributed by atoms with Crippen LogP contribution in [0.4, 0.5) is 0 Å². The summed E-state index contributed by atoms with van der Waals surface area (Å²) in [6, 6.07) is 0. The molecule has 0 aliphatic heterocycles. The van der Waals surface area contributed by atoms with Gasteiger partial charge in [-0.3, -0.25) is 9.48 Å². The molecule has 5 nitrogen and oxygen atoms in total. The molecule has 0 unspecified atom stereocenters. The van der Waals surface area contributed by atoms with Crippen molar-refractivity contribution in [1.82, 2.24) is 15.1 Å². The van der Waals surface area contributed by atoms with Crippen LogP contribution >= 0.6 is 0 Å². The van der Waals surface area contributed by atoms with E-state index >= 15 is 0 Å². The molecule has 0 saturated heterocycles. The summed E-state index contributed by atoms with van der Waals surface area (Å²) < 4.78 is 1.65. The molecule has 1 aromatic rings. The Morgan fingerprint density at radius 2 is 1.95 bits per heavy atom. The van der Waals surface area contributed by atoms with Crippen LogP contribution in [0, 0.1) is 0 Å². The minimum Gasteiger partial charge on any atom is -0.388 e. The lowest BCUT2D eigenvalue weighted by Crippen LogP contribution is -2.43. The normalized spacial score (nSPS) is 11.7. The number of amides is 1. The van der Waals surface area contributed by atoms with Gasteiger partial charge in [0, 0.05) is 19.8 Å². The molecule has 0 spiro atoms. The van der Waals surface area contributed by atoms with E-state index in [0.29, 0.717) is 24.9 Å². The average Bonchev–Trinajstić information content (AvgIpc) is 2.78. The predicted octanol–water partition coefficient (Wildman–Crippen LogP) is 2.04. The number of carbonyl (C=O) groups is 1. The molecule has 0 fully saturated rings. The van der Waals surface area contributed by atoms with Crippen molar-refractivity contribution >= 4 is 5.91 Å². The SMILES string of the molecule is CCCC(O)(CCC)CNC(=O)c1cn(C)nc1CC. The van der Waals surface area contributed by atoms with Gasteiger partial charge in [0.25, 0.3) is 5.91 Å². The number of hydrogen-bond donors (Lipinski definition) is 2. The second kappa shape index (κ2) is 7.43. The number of aliphatic hydroxyl groups is 1. The molecule has 0 saturated carbocycles. The first-order chi connectivity index (χ1) is 9.45. The van der Waals surface area contributed by atoms with E-state index < -0.39 is 5.60 Å². The first-order valence-electron chi connectivity index (χ1n) is 7.48. The molecular weight excluding hydrogens is 254 g/mol. The molecule has 20 heavy (non-hydrogen) atoms. The first-order valence-corrected chi connectivity index (χ1v) is 7.48. The van der Waals surface area contributed by atoms with Gasteiger partial charge in [0.05, 0.1) is 16.9 Å². The number of hydrogen-bond acceptors (Lipinski definition) is 3. The van der Waals surface area contributed by atoms with E-state index in [1.807, 2.05) is 20.8 Å². The van der Waals surface area contributed by atoms with Crippen LogP contribution in [0.5, 0.6) is 0 Å². The molecule has 0 bridgehead atoms. The molecule has 114 valence electrons.